The molecule has 0 aliphatic heterocycles. The number of benzene rings is 3. The molecule has 1 aromatic heterocycles. The maximum Gasteiger partial charge on any atom is 0.270 e. The number of thiazole rings is 1. The first-order chi connectivity index (χ1) is 13.5. The van der Waals surface area contributed by atoms with E-state index in [1.165, 1.54) is 53.8 Å². The Balaban J connectivity index is 1.78. The quantitative estimate of drug-likeness (QED) is 0.324. The Bertz CT molecular complexity index is 1170. The third-order valence-electron chi connectivity index (χ3n) is 3.97. The van der Waals surface area contributed by atoms with Gasteiger partial charge in [0.05, 0.1) is 25.6 Å². The lowest BCUT2D eigenvalue weighted by Gasteiger charge is -2.09. The molecule has 0 radical (unpaired) electrons. The van der Waals surface area contributed by atoms with Crippen molar-refractivity contribution in [3.63, 3.8) is 0 Å². The molecule has 9 heteroatoms. The SMILES string of the molecule is O=[N+]([O-])c1ccc(Oc2ccc([N+](=O)[O-])cc2-c2nc3ccccc3s2)cc1. The van der Waals surface area contributed by atoms with Gasteiger partial charge in [0, 0.05) is 24.3 Å². The predicted octanol–water partition coefficient (Wildman–Crippen LogP) is 5.57. The van der Waals surface area contributed by atoms with Crippen LogP contribution in [-0.2, 0) is 0 Å². The summed E-state index contributed by atoms with van der Waals surface area (Å²) < 4.78 is 6.80. The molecule has 0 amide bonds. The van der Waals surface area contributed by atoms with Crippen LogP contribution in [0.3, 0.4) is 0 Å². The number of fused-ring (bicyclic) bond motifs is 1. The molecule has 0 spiro atoms. The van der Waals surface area contributed by atoms with E-state index in [9.17, 15) is 20.2 Å². The number of rotatable bonds is 5. The zero-order valence-corrected chi connectivity index (χ0v) is 15.0. The normalized spacial score (nSPS) is 10.7. The number of hydrogen-bond donors (Lipinski definition) is 0. The van der Waals surface area contributed by atoms with E-state index in [0.717, 1.165) is 10.2 Å². The number of nitro benzene ring substituents is 2. The first-order valence-electron chi connectivity index (χ1n) is 8.08. The summed E-state index contributed by atoms with van der Waals surface area (Å²) in [6.07, 6.45) is 0. The van der Waals surface area contributed by atoms with Crippen LogP contribution in [0.5, 0.6) is 11.5 Å². The van der Waals surface area contributed by atoms with Gasteiger partial charge in [-0.1, -0.05) is 12.1 Å². The first-order valence-corrected chi connectivity index (χ1v) is 8.89. The molecule has 1 heterocycles. The largest absolute Gasteiger partial charge is 0.457 e. The van der Waals surface area contributed by atoms with Crippen LogP contribution in [0.4, 0.5) is 11.4 Å². The maximum atomic E-state index is 11.2. The molecule has 0 aliphatic carbocycles. The van der Waals surface area contributed by atoms with Crippen LogP contribution < -0.4 is 4.74 Å². The van der Waals surface area contributed by atoms with Gasteiger partial charge in [0.25, 0.3) is 11.4 Å². The molecule has 0 unspecified atom stereocenters. The maximum absolute atomic E-state index is 11.2. The van der Waals surface area contributed by atoms with Crippen molar-refractivity contribution in [2.24, 2.45) is 0 Å². The minimum absolute atomic E-state index is 0.0533. The molecule has 138 valence electrons. The second-order valence-electron chi connectivity index (χ2n) is 5.78. The number of aromatic nitrogens is 1. The van der Waals surface area contributed by atoms with Crippen molar-refractivity contribution in [2.75, 3.05) is 0 Å². The molecular weight excluding hydrogens is 382 g/mol. The summed E-state index contributed by atoms with van der Waals surface area (Å²) in [6.45, 7) is 0. The molecule has 4 aromatic rings. The third kappa shape index (κ3) is 3.38. The predicted molar refractivity (Wildman–Crippen MR) is 105 cm³/mol. The van der Waals surface area contributed by atoms with Gasteiger partial charge in [-0.2, -0.15) is 0 Å². The monoisotopic (exact) mass is 393 g/mol. The number of non-ortho nitro benzene ring substituents is 2. The van der Waals surface area contributed by atoms with E-state index < -0.39 is 9.85 Å². The smallest absolute Gasteiger partial charge is 0.270 e. The van der Waals surface area contributed by atoms with Gasteiger partial charge in [-0.05, 0) is 30.3 Å². The van der Waals surface area contributed by atoms with Gasteiger partial charge in [-0.3, -0.25) is 20.2 Å². The standard InChI is InChI=1S/C19H11N3O5S/c23-21(24)12-5-8-14(9-6-12)27-17-10-7-13(22(25)26)11-15(17)19-20-16-3-1-2-4-18(16)28-19/h1-11H. The second-order valence-corrected chi connectivity index (χ2v) is 6.81. The molecule has 3 aromatic carbocycles. The van der Waals surface area contributed by atoms with Gasteiger partial charge < -0.3 is 4.74 Å². The van der Waals surface area contributed by atoms with Crippen LogP contribution in [0.2, 0.25) is 0 Å². The molecule has 0 saturated heterocycles. The van der Waals surface area contributed by atoms with Crippen molar-refractivity contribution in [3.05, 3.63) is 87.0 Å². The van der Waals surface area contributed by atoms with Gasteiger partial charge >= 0.3 is 0 Å². The summed E-state index contributed by atoms with van der Waals surface area (Å²) in [5.41, 5.74) is 1.14. The Morgan fingerprint density at radius 2 is 1.54 bits per heavy atom. The van der Waals surface area contributed by atoms with E-state index in [1.807, 2.05) is 24.3 Å². The molecule has 8 nitrogen and oxygen atoms in total. The number of ether oxygens (including phenoxy) is 1. The summed E-state index contributed by atoms with van der Waals surface area (Å²) >= 11 is 1.40. The molecule has 0 N–H and O–H groups in total. The fourth-order valence-electron chi connectivity index (χ4n) is 2.64. The van der Waals surface area contributed by atoms with E-state index in [1.54, 1.807) is 0 Å². The first kappa shape index (κ1) is 17.6. The Hall–Kier alpha value is -3.85. The highest BCUT2D eigenvalue weighted by atomic mass is 32.1. The van der Waals surface area contributed by atoms with Crippen LogP contribution in [0.1, 0.15) is 0 Å². The Morgan fingerprint density at radius 1 is 0.857 bits per heavy atom. The van der Waals surface area contributed by atoms with Crippen LogP contribution in [-0.4, -0.2) is 14.8 Å². The van der Waals surface area contributed by atoms with E-state index in [-0.39, 0.29) is 11.4 Å². The highest BCUT2D eigenvalue weighted by molar-refractivity contribution is 7.21. The van der Waals surface area contributed by atoms with Crippen molar-refractivity contribution in [2.45, 2.75) is 0 Å². The Morgan fingerprint density at radius 3 is 2.21 bits per heavy atom. The van der Waals surface area contributed by atoms with Crippen molar-refractivity contribution in [3.8, 4) is 22.1 Å². The molecule has 4 rings (SSSR count). The fraction of sp³-hybridized carbons (Fsp3) is 0. The average molecular weight is 393 g/mol. The summed E-state index contributed by atoms with van der Waals surface area (Å²) in [6, 6.07) is 17.4. The van der Waals surface area contributed by atoms with Gasteiger partial charge in [-0.15, -0.1) is 11.3 Å². The third-order valence-corrected chi connectivity index (χ3v) is 5.04. The lowest BCUT2D eigenvalue weighted by Crippen LogP contribution is -1.93. The topological polar surface area (TPSA) is 108 Å². The summed E-state index contributed by atoms with van der Waals surface area (Å²) in [7, 11) is 0. The Kier molecular flexibility index (Phi) is 4.42. The van der Waals surface area contributed by atoms with Crippen molar-refractivity contribution < 1.29 is 14.6 Å². The number of hydrogen-bond acceptors (Lipinski definition) is 7. The van der Waals surface area contributed by atoms with Crippen LogP contribution >= 0.6 is 11.3 Å². The van der Waals surface area contributed by atoms with E-state index in [0.29, 0.717) is 22.1 Å². The average Bonchev–Trinajstić information content (AvgIpc) is 3.12. The van der Waals surface area contributed by atoms with Crippen LogP contribution in [0, 0.1) is 20.2 Å². The van der Waals surface area contributed by atoms with Crippen LogP contribution in [0.25, 0.3) is 20.8 Å². The molecule has 0 aliphatic rings. The minimum atomic E-state index is -0.498. The zero-order valence-electron chi connectivity index (χ0n) is 14.1. The minimum Gasteiger partial charge on any atom is -0.457 e. The summed E-state index contributed by atoms with van der Waals surface area (Å²) in [5.74, 6) is 0.750. The molecule has 0 bridgehead atoms. The zero-order chi connectivity index (χ0) is 19.7. The van der Waals surface area contributed by atoms with Gasteiger partial charge in [0.15, 0.2) is 0 Å². The molecule has 0 atom stereocenters. The number of nitro groups is 2. The van der Waals surface area contributed by atoms with Gasteiger partial charge in [0.1, 0.15) is 16.5 Å². The van der Waals surface area contributed by atoms with Crippen molar-refractivity contribution in [1.29, 1.82) is 0 Å². The van der Waals surface area contributed by atoms with Gasteiger partial charge in [0.2, 0.25) is 0 Å². The van der Waals surface area contributed by atoms with E-state index >= 15 is 0 Å². The molecular formula is C19H11N3O5S. The van der Waals surface area contributed by atoms with E-state index in [4.69, 9.17) is 4.74 Å². The highest BCUT2D eigenvalue weighted by Gasteiger charge is 2.18. The molecule has 0 fully saturated rings. The Labute approximate surface area is 162 Å². The summed E-state index contributed by atoms with van der Waals surface area (Å²) in [5, 5.41) is 22.6. The molecule has 0 saturated carbocycles. The number of para-hydroxylation sites is 1. The molecule has 28 heavy (non-hydrogen) atoms. The van der Waals surface area contributed by atoms with Gasteiger partial charge in [-0.25, -0.2) is 4.98 Å². The lowest BCUT2D eigenvalue weighted by atomic mass is 10.2. The second kappa shape index (κ2) is 7.05. The van der Waals surface area contributed by atoms with Crippen molar-refractivity contribution >= 4 is 32.9 Å². The highest BCUT2D eigenvalue weighted by Crippen LogP contribution is 2.39. The fourth-order valence-corrected chi connectivity index (χ4v) is 3.62. The lowest BCUT2D eigenvalue weighted by molar-refractivity contribution is -0.385. The number of nitrogens with zero attached hydrogens (tertiary/aromatic N) is 3. The van der Waals surface area contributed by atoms with E-state index in [2.05, 4.69) is 4.98 Å². The van der Waals surface area contributed by atoms with Crippen LogP contribution in [0.15, 0.2) is 66.7 Å². The summed E-state index contributed by atoms with van der Waals surface area (Å²) in [4.78, 5) is 25.6. The van der Waals surface area contributed by atoms with Crippen molar-refractivity contribution in [1.82, 2.24) is 4.98 Å².